The summed E-state index contributed by atoms with van der Waals surface area (Å²) in [5.74, 6) is -0.968. The summed E-state index contributed by atoms with van der Waals surface area (Å²) in [6.07, 6.45) is -0.877. The molecule has 1 aromatic heterocycles. The first kappa shape index (κ1) is 22.5. The predicted octanol–water partition coefficient (Wildman–Crippen LogP) is 4.09. The molecule has 1 aromatic carbocycles. The lowest BCUT2D eigenvalue weighted by molar-refractivity contribution is 0.166. The summed E-state index contributed by atoms with van der Waals surface area (Å²) in [7, 11) is 0. The Balaban J connectivity index is 1.89. The van der Waals surface area contributed by atoms with Crippen molar-refractivity contribution < 1.29 is 18.3 Å². The zero-order valence-corrected chi connectivity index (χ0v) is 17.3. The number of benzene rings is 1. The number of ether oxygens (including phenoxy) is 1. The molecule has 29 heavy (non-hydrogen) atoms. The smallest absolute Gasteiger partial charge is 0.411 e. The normalized spacial score (nSPS) is 10.9. The number of halogens is 3. The van der Waals surface area contributed by atoms with E-state index in [4.69, 9.17) is 16.3 Å². The van der Waals surface area contributed by atoms with Gasteiger partial charge < -0.3 is 15.0 Å². The van der Waals surface area contributed by atoms with E-state index in [9.17, 15) is 13.6 Å². The van der Waals surface area contributed by atoms with Crippen LogP contribution in [0.3, 0.4) is 0 Å². The van der Waals surface area contributed by atoms with Gasteiger partial charge in [-0.25, -0.2) is 13.6 Å². The van der Waals surface area contributed by atoms with Gasteiger partial charge in [0.15, 0.2) is 0 Å². The average molecular weight is 429 g/mol. The maximum Gasteiger partial charge on any atom is 0.411 e. The van der Waals surface area contributed by atoms with Crippen LogP contribution in [0.5, 0.6) is 0 Å². The fraction of sp³-hybridized carbons (Fsp3) is 0.444. The third-order valence-electron chi connectivity index (χ3n) is 3.73. The molecule has 158 valence electrons. The highest BCUT2D eigenvalue weighted by molar-refractivity contribution is 6.28. The van der Waals surface area contributed by atoms with E-state index in [-0.39, 0.29) is 42.2 Å². The lowest BCUT2D eigenvalue weighted by Crippen LogP contribution is -2.38. The first-order valence-electron chi connectivity index (χ1n) is 9.00. The Morgan fingerprint density at radius 1 is 1.17 bits per heavy atom. The largest absolute Gasteiger partial charge is 0.447 e. The lowest BCUT2D eigenvalue weighted by atomic mass is 10.2. The van der Waals surface area contributed by atoms with Gasteiger partial charge in [0.25, 0.3) is 0 Å². The van der Waals surface area contributed by atoms with Crippen LogP contribution in [-0.4, -0.2) is 46.3 Å². The molecule has 2 rings (SSSR count). The van der Waals surface area contributed by atoms with Crippen LogP contribution in [0.4, 0.5) is 31.2 Å². The monoisotopic (exact) mass is 428 g/mol. The molecular formula is C18H23ClF2N6O2. The van der Waals surface area contributed by atoms with E-state index in [1.54, 1.807) is 0 Å². The molecule has 1 heterocycles. The summed E-state index contributed by atoms with van der Waals surface area (Å²) in [5, 5.41) is 5.13. The first-order chi connectivity index (χ1) is 13.7. The quantitative estimate of drug-likeness (QED) is 0.612. The van der Waals surface area contributed by atoms with Crippen LogP contribution in [-0.2, 0) is 4.74 Å². The molecule has 2 aromatic rings. The van der Waals surface area contributed by atoms with Crippen LogP contribution in [0.2, 0.25) is 5.28 Å². The topological polar surface area (TPSA) is 92.3 Å². The van der Waals surface area contributed by atoms with Crippen molar-refractivity contribution >= 4 is 35.3 Å². The second-order valence-electron chi connectivity index (χ2n) is 6.63. The van der Waals surface area contributed by atoms with Gasteiger partial charge in [-0.15, -0.1) is 0 Å². The summed E-state index contributed by atoms with van der Waals surface area (Å²) in [4.78, 5) is 26.2. The summed E-state index contributed by atoms with van der Waals surface area (Å²) >= 11 is 6.00. The highest BCUT2D eigenvalue weighted by Gasteiger charge is 2.19. The van der Waals surface area contributed by atoms with E-state index >= 15 is 0 Å². The Morgan fingerprint density at radius 2 is 1.86 bits per heavy atom. The van der Waals surface area contributed by atoms with Crippen molar-refractivity contribution in [3.8, 4) is 0 Å². The van der Waals surface area contributed by atoms with Crippen LogP contribution >= 0.6 is 11.6 Å². The van der Waals surface area contributed by atoms with Crippen molar-refractivity contribution in [1.82, 2.24) is 15.0 Å². The number of anilines is 3. The molecule has 1 amide bonds. The van der Waals surface area contributed by atoms with Gasteiger partial charge in [-0.1, -0.05) is 0 Å². The molecule has 0 aliphatic carbocycles. The van der Waals surface area contributed by atoms with Crippen molar-refractivity contribution in [2.45, 2.75) is 39.8 Å². The van der Waals surface area contributed by atoms with Crippen molar-refractivity contribution in [3.05, 3.63) is 35.1 Å². The highest BCUT2D eigenvalue weighted by atomic mass is 35.5. The number of hydrogen-bond donors (Lipinski definition) is 2. The molecule has 0 fully saturated rings. The second-order valence-corrected chi connectivity index (χ2v) is 6.97. The number of carbonyl (C=O) groups excluding carboxylic acids is 1. The third-order valence-corrected chi connectivity index (χ3v) is 3.90. The molecule has 0 atom stereocenters. The van der Waals surface area contributed by atoms with Gasteiger partial charge in [-0.2, -0.15) is 15.0 Å². The van der Waals surface area contributed by atoms with Crippen molar-refractivity contribution in [1.29, 1.82) is 0 Å². The maximum absolute atomic E-state index is 13.5. The van der Waals surface area contributed by atoms with E-state index in [1.165, 1.54) is 0 Å². The second kappa shape index (κ2) is 10.1. The molecule has 8 nitrogen and oxygen atoms in total. The molecule has 0 spiro atoms. The van der Waals surface area contributed by atoms with E-state index in [0.717, 1.165) is 12.1 Å². The molecule has 0 radical (unpaired) electrons. The zero-order valence-electron chi connectivity index (χ0n) is 16.5. The van der Waals surface area contributed by atoms with Crippen molar-refractivity contribution in [3.63, 3.8) is 0 Å². The van der Waals surface area contributed by atoms with Crippen molar-refractivity contribution in [2.24, 2.45) is 0 Å². The van der Waals surface area contributed by atoms with Gasteiger partial charge in [0, 0.05) is 18.2 Å². The fourth-order valence-corrected chi connectivity index (χ4v) is 2.79. The van der Waals surface area contributed by atoms with Gasteiger partial charge in [0.2, 0.25) is 17.2 Å². The number of nitrogens with one attached hydrogen (secondary N) is 2. The summed E-state index contributed by atoms with van der Waals surface area (Å²) in [6.45, 7) is 8.19. The summed E-state index contributed by atoms with van der Waals surface area (Å²) < 4.78 is 31.3. The summed E-state index contributed by atoms with van der Waals surface area (Å²) in [6, 6.07) is 3.10. The third kappa shape index (κ3) is 6.67. The molecule has 0 unspecified atom stereocenters. The zero-order chi connectivity index (χ0) is 21.6. The molecule has 0 aliphatic heterocycles. The van der Waals surface area contributed by atoms with Gasteiger partial charge in [0.05, 0.1) is 12.2 Å². The fourth-order valence-electron chi connectivity index (χ4n) is 2.64. The van der Waals surface area contributed by atoms with E-state index in [1.807, 2.05) is 32.6 Å². The number of carbonyl (C=O) groups is 1. The van der Waals surface area contributed by atoms with Crippen molar-refractivity contribution in [2.75, 3.05) is 28.7 Å². The van der Waals surface area contributed by atoms with E-state index < -0.39 is 17.7 Å². The number of nitrogens with zero attached hydrogens (tertiary/aromatic N) is 4. The Morgan fingerprint density at radius 3 is 2.48 bits per heavy atom. The van der Waals surface area contributed by atoms with Crippen LogP contribution in [0, 0.1) is 11.6 Å². The molecule has 0 saturated carbocycles. The molecular weight excluding hydrogens is 406 g/mol. The Hall–Kier alpha value is -2.75. The minimum Gasteiger partial charge on any atom is -0.447 e. The standard InChI is InChI=1S/C18H23ClF2N6O2/c1-10(2)27(11(3)4)17-25-15(19)24-16(26-17)22-7-8-29-18(28)23-14-6-5-12(20)9-13(14)21/h5-6,9-11H,7-8H2,1-4H3,(H,23,28)(H,22,24,25,26). The number of hydrogen-bond acceptors (Lipinski definition) is 7. The number of rotatable bonds is 8. The molecule has 0 saturated heterocycles. The highest BCUT2D eigenvalue weighted by Crippen LogP contribution is 2.19. The lowest BCUT2D eigenvalue weighted by Gasteiger charge is -2.30. The molecule has 2 N–H and O–H groups in total. The van der Waals surface area contributed by atoms with Crippen LogP contribution in [0.25, 0.3) is 0 Å². The first-order valence-corrected chi connectivity index (χ1v) is 9.37. The average Bonchev–Trinajstić information content (AvgIpc) is 2.60. The Kier molecular flexibility index (Phi) is 7.89. The maximum atomic E-state index is 13.5. The van der Waals surface area contributed by atoms with E-state index in [2.05, 4.69) is 25.6 Å². The van der Waals surface area contributed by atoms with Gasteiger partial charge in [-0.05, 0) is 51.4 Å². The SMILES string of the molecule is CC(C)N(c1nc(Cl)nc(NCCOC(=O)Nc2ccc(F)cc2F)n1)C(C)C. The molecule has 11 heteroatoms. The summed E-state index contributed by atoms with van der Waals surface area (Å²) in [5.41, 5.74) is -0.180. The number of amides is 1. The minimum atomic E-state index is -0.896. The predicted molar refractivity (Wildman–Crippen MR) is 107 cm³/mol. The van der Waals surface area contributed by atoms with Crippen LogP contribution in [0.15, 0.2) is 18.2 Å². The minimum absolute atomic E-state index is 0.0363. The Bertz CT molecular complexity index is 845. The van der Waals surface area contributed by atoms with E-state index in [0.29, 0.717) is 12.0 Å². The van der Waals surface area contributed by atoms with Gasteiger partial charge in [0.1, 0.15) is 18.2 Å². The number of aromatic nitrogens is 3. The van der Waals surface area contributed by atoms with Crippen LogP contribution < -0.4 is 15.5 Å². The van der Waals surface area contributed by atoms with Gasteiger partial charge in [-0.3, -0.25) is 5.32 Å². The molecule has 0 bridgehead atoms. The Labute approximate surface area is 172 Å². The van der Waals surface area contributed by atoms with Gasteiger partial charge >= 0.3 is 6.09 Å². The molecule has 0 aliphatic rings. The van der Waals surface area contributed by atoms with Crippen LogP contribution in [0.1, 0.15) is 27.7 Å².